The van der Waals surface area contributed by atoms with Gasteiger partial charge in [0.1, 0.15) is 23.3 Å². The zero-order valence-electron chi connectivity index (χ0n) is 11.2. The quantitative estimate of drug-likeness (QED) is 0.856. The van der Waals surface area contributed by atoms with Crippen molar-refractivity contribution in [3.05, 3.63) is 40.8 Å². The Morgan fingerprint density at radius 2 is 1.95 bits per heavy atom. The van der Waals surface area contributed by atoms with Crippen LogP contribution in [-0.2, 0) is 4.74 Å². The number of nitrogens with zero attached hydrogens (tertiary/aromatic N) is 2. The van der Waals surface area contributed by atoms with Crippen molar-refractivity contribution in [1.82, 2.24) is 9.55 Å². The molecule has 0 aliphatic heterocycles. The first-order chi connectivity index (χ1) is 9.36. The molecule has 0 aliphatic carbocycles. The second-order valence-electron chi connectivity index (χ2n) is 4.27. The van der Waals surface area contributed by atoms with Gasteiger partial charge in [0, 0.05) is 6.07 Å². The first-order valence-corrected chi connectivity index (χ1v) is 5.76. The first kappa shape index (κ1) is 14.0. The summed E-state index contributed by atoms with van der Waals surface area (Å²) in [5.74, 6) is -1.82. The summed E-state index contributed by atoms with van der Waals surface area (Å²) in [4.78, 5) is 15.4. The molecule has 0 fully saturated rings. The number of methoxy groups -OCH3 is 1. The zero-order chi connectivity index (χ0) is 15.0. The van der Waals surface area contributed by atoms with E-state index in [9.17, 15) is 13.6 Å². The van der Waals surface area contributed by atoms with Crippen molar-refractivity contribution in [3.63, 3.8) is 0 Å². The molecule has 0 unspecified atom stereocenters. The molecule has 1 aromatic carbocycles. The van der Waals surface area contributed by atoms with Crippen LogP contribution in [0, 0.1) is 25.5 Å². The maximum absolute atomic E-state index is 14.0. The molecule has 106 valence electrons. The van der Waals surface area contributed by atoms with Crippen molar-refractivity contribution in [2.45, 2.75) is 13.8 Å². The van der Waals surface area contributed by atoms with Crippen LogP contribution >= 0.6 is 0 Å². The lowest BCUT2D eigenvalue weighted by Crippen LogP contribution is -2.09. The largest absolute Gasteiger partial charge is 0.464 e. The number of aromatic nitrogens is 2. The second kappa shape index (κ2) is 4.92. The summed E-state index contributed by atoms with van der Waals surface area (Å²) in [5, 5.41) is 0. The Morgan fingerprint density at radius 3 is 2.55 bits per heavy atom. The van der Waals surface area contributed by atoms with Gasteiger partial charge in [0.25, 0.3) is 0 Å². The maximum atomic E-state index is 14.0. The molecule has 0 radical (unpaired) electrons. The van der Waals surface area contributed by atoms with E-state index in [1.54, 1.807) is 0 Å². The number of anilines is 1. The van der Waals surface area contributed by atoms with Crippen LogP contribution < -0.4 is 5.73 Å². The Morgan fingerprint density at radius 1 is 1.30 bits per heavy atom. The van der Waals surface area contributed by atoms with E-state index in [-0.39, 0.29) is 28.6 Å². The number of halogens is 2. The summed E-state index contributed by atoms with van der Waals surface area (Å²) < 4.78 is 33.3. The van der Waals surface area contributed by atoms with Gasteiger partial charge in [-0.1, -0.05) is 0 Å². The van der Waals surface area contributed by atoms with E-state index in [1.807, 2.05) is 0 Å². The molecule has 1 heterocycles. The van der Waals surface area contributed by atoms with E-state index >= 15 is 0 Å². The summed E-state index contributed by atoms with van der Waals surface area (Å²) >= 11 is 0. The molecule has 20 heavy (non-hydrogen) atoms. The molecule has 1 aromatic heterocycles. The fourth-order valence-corrected chi connectivity index (χ4v) is 1.91. The number of benzene rings is 1. The van der Waals surface area contributed by atoms with Crippen molar-refractivity contribution in [2.24, 2.45) is 0 Å². The van der Waals surface area contributed by atoms with Crippen LogP contribution in [0.1, 0.15) is 21.9 Å². The number of carbonyl (C=O) groups is 1. The smallest absolute Gasteiger partial charge is 0.360 e. The van der Waals surface area contributed by atoms with Gasteiger partial charge in [-0.15, -0.1) is 0 Å². The van der Waals surface area contributed by atoms with Crippen LogP contribution in [0.3, 0.4) is 0 Å². The number of ether oxygens (including phenoxy) is 1. The molecule has 7 heteroatoms. The van der Waals surface area contributed by atoms with Crippen molar-refractivity contribution < 1.29 is 18.3 Å². The third-order valence-corrected chi connectivity index (χ3v) is 2.93. The number of imidazole rings is 1. The third-order valence-electron chi connectivity index (χ3n) is 2.93. The van der Waals surface area contributed by atoms with Crippen molar-refractivity contribution in [3.8, 4) is 5.69 Å². The number of hydrogen-bond donors (Lipinski definition) is 1. The van der Waals surface area contributed by atoms with Gasteiger partial charge < -0.3 is 10.5 Å². The number of nitrogen functional groups attached to an aromatic ring is 1. The number of esters is 1. The third kappa shape index (κ3) is 2.11. The lowest BCUT2D eigenvalue weighted by Gasteiger charge is -2.10. The summed E-state index contributed by atoms with van der Waals surface area (Å²) in [6, 6.07) is 2.07. The summed E-state index contributed by atoms with van der Waals surface area (Å²) in [5.41, 5.74) is 5.72. The van der Waals surface area contributed by atoms with E-state index in [0.717, 1.165) is 12.1 Å². The molecular weight excluding hydrogens is 268 g/mol. The predicted octanol–water partition coefficient (Wildman–Crippen LogP) is 2.14. The van der Waals surface area contributed by atoms with Crippen molar-refractivity contribution >= 4 is 11.8 Å². The van der Waals surface area contributed by atoms with Gasteiger partial charge in [-0.2, -0.15) is 0 Å². The van der Waals surface area contributed by atoms with E-state index in [4.69, 9.17) is 5.73 Å². The second-order valence-corrected chi connectivity index (χ2v) is 4.27. The zero-order valence-corrected chi connectivity index (χ0v) is 11.2. The van der Waals surface area contributed by atoms with E-state index in [2.05, 4.69) is 9.72 Å². The Balaban J connectivity index is 2.68. The predicted molar refractivity (Wildman–Crippen MR) is 68.7 cm³/mol. The van der Waals surface area contributed by atoms with Gasteiger partial charge in [-0.3, -0.25) is 4.57 Å². The van der Waals surface area contributed by atoms with Gasteiger partial charge in [0.15, 0.2) is 5.69 Å². The van der Waals surface area contributed by atoms with Crippen LogP contribution in [0.4, 0.5) is 14.6 Å². The fourth-order valence-electron chi connectivity index (χ4n) is 1.91. The van der Waals surface area contributed by atoms with Gasteiger partial charge >= 0.3 is 5.97 Å². The van der Waals surface area contributed by atoms with Crippen LogP contribution in [0.25, 0.3) is 5.69 Å². The highest BCUT2D eigenvalue weighted by atomic mass is 19.1. The first-order valence-electron chi connectivity index (χ1n) is 5.76. The molecule has 0 atom stereocenters. The average molecular weight is 281 g/mol. The number of nitrogens with two attached hydrogens (primary N) is 1. The van der Waals surface area contributed by atoms with E-state index in [0.29, 0.717) is 0 Å². The van der Waals surface area contributed by atoms with Crippen molar-refractivity contribution in [2.75, 3.05) is 12.8 Å². The lowest BCUT2D eigenvalue weighted by molar-refractivity contribution is 0.0596. The van der Waals surface area contributed by atoms with E-state index in [1.165, 1.54) is 25.5 Å². The van der Waals surface area contributed by atoms with E-state index < -0.39 is 17.6 Å². The van der Waals surface area contributed by atoms with Crippen LogP contribution in [0.15, 0.2) is 12.1 Å². The molecule has 0 saturated carbocycles. The molecule has 0 aliphatic rings. The minimum atomic E-state index is -0.739. The molecule has 5 nitrogen and oxygen atoms in total. The van der Waals surface area contributed by atoms with Gasteiger partial charge in [0.2, 0.25) is 0 Å². The average Bonchev–Trinajstić information content (AvgIpc) is 2.69. The summed E-state index contributed by atoms with van der Waals surface area (Å²) in [7, 11) is 1.18. The molecule has 2 N–H and O–H groups in total. The molecule has 0 bridgehead atoms. The Bertz CT molecular complexity index is 695. The highest BCUT2D eigenvalue weighted by Crippen LogP contribution is 2.25. The van der Waals surface area contributed by atoms with Crippen molar-refractivity contribution in [1.29, 1.82) is 0 Å². The van der Waals surface area contributed by atoms with Crippen LogP contribution in [0.5, 0.6) is 0 Å². The highest BCUT2D eigenvalue weighted by molar-refractivity contribution is 5.92. The number of hydrogen-bond acceptors (Lipinski definition) is 4. The number of aryl methyl sites for hydroxylation is 2. The van der Waals surface area contributed by atoms with Gasteiger partial charge in [-0.25, -0.2) is 18.6 Å². The molecule has 2 rings (SSSR count). The summed E-state index contributed by atoms with van der Waals surface area (Å²) in [6.07, 6.45) is 0. The molecule has 0 amide bonds. The normalized spacial score (nSPS) is 10.7. The minimum Gasteiger partial charge on any atom is -0.464 e. The van der Waals surface area contributed by atoms with Gasteiger partial charge in [0.05, 0.1) is 12.8 Å². The monoisotopic (exact) mass is 281 g/mol. The molecular formula is C13H13F2N3O2. The summed E-state index contributed by atoms with van der Waals surface area (Å²) in [6.45, 7) is 2.98. The Kier molecular flexibility index (Phi) is 3.44. The van der Waals surface area contributed by atoms with Gasteiger partial charge in [-0.05, 0) is 25.5 Å². The minimum absolute atomic E-state index is 0.100. The Hall–Kier alpha value is -2.44. The number of rotatable bonds is 2. The maximum Gasteiger partial charge on any atom is 0.360 e. The standard InChI is InChI=1S/C13H13F2N3O2/c1-6-4-9(15)10(5-8(6)14)18-7(2)17-11(12(18)16)13(19)20-3/h4-5H,16H2,1-3H3. The molecule has 0 spiro atoms. The SMILES string of the molecule is COC(=O)c1nc(C)n(-c2cc(F)c(C)cc2F)c1N. The van der Waals surface area contributed by atoms with Crippen LogP contribution in [-0.4, -0.2) is 22.6 Å². The lowest BCUT2D eigenvalue weighted by atomic mass is 10.2. The molecule has 2 aromatic rings. The Labute approximate surface area is 114 Å². The molecule has 0 saturated heterocycles. The van der Waals surface area contributed by atoms with Crippen LogP contribution in [0.2, 0.25) is 0 Å². The fraction of sp³-hybridized carbons (Fsp3) is 0.231. The number of carbonyl (C=O) groups excluding carboxylic acids is 1. The topological polar surface area (TPSA) is 70.1 Å². The highest BCUT2D eigenvalue weighted by Gasteiger charge is 2.22.